The molecule has 0 saturated heterocycles. The van der Waals surface area contributed by atoms with E-state index in [1.54, 1.807) is 0 Å². The molecular formula is C11H24N2. The largest absolute Gasteiger partial charge is 0.271 e. The SMILES string of the molecule is CCC1CCC(C(CC)NN)CC1. The maximum absolute atomic E-state index is 5.53. The van der Waals surface area contributed by atoms with Crippen LogP contribution < -0.4 is 11.3 Å². The Morgan fingerprint density at radius 3 is 2.23 bits per heavy atom. The molecule has 0 bridgehead atoms. The van der Waals surface area contributed by atoms with Gasteiger partial charge in [-0.05, 0) is 31.1 Å². The number of hydrogen-bond donors (Lipinski definition) is 2. The molecule has 78 valence electrons. The molecule has 0 heterocycles. The van der Waals surface area contributed by atoms with Gasteiger partial charge in [-0.2, -0.15) is 0 Å². The van der Waals surface area contributed by atoms with Crippen molar-refractivity contribution in [2.75, 3.05) is 0 Å². The Balaban J connectivity index is 2.30. The second-order valence-corrected chi connectivity index (χ2v) is 4.37. The lowest BCUT2D eigenvalue weighted by atomic mass is 9.77. The van der Waals surface area contributed by atoms with Crippen LogP contribution in [0.4, 0.5) is 0 Å². The van der Waals surface area contributed by atoms with E-state index in [2.05, 4.69) is 19.3 Å². The van der Waals surface area contributed by atoms with Crippen LogP contribution in [0.15, 0.2) is 0 Å². The molecule has 1 rings (SSSR count). The van der Waals surface area contributed by atoms with Gasteiger partial charge in [0.05, 0.1) is 0 Å². The molecule has 0 aromatic heterocycles. The third-order valence-corrected chi connectivity index (χ3v) is 3.69. The Morgan fingerprint density at radius 2 is 1.85 bits per heavy atom. The Labute approximate surface area is 82.2 Å². The molecule has 0 aliphatic heterocycles. The highest BCUT2D eigenvalue weighted by atomic mass is 15.2. The van der Waals surface area contributed by atoms with E-state index in [4.69, 9.17) is 5.84 Å². The molecule has 13 heavy (non-hydrogen) atoms. The first-order valence-corrected chi connectivity index (χ1v) is 5.77. The van der Waals surface area contributed by atoms with Crippen molar-refractivity contribution in [1.82, 2.24) is 5.43 Å². The number of nitrogens with two attached hydrogens (primary N) is 1. The van der Waals surface area contributed by atoms with Crippen LogP contribution in [-0.4, -0.2) is 6.04 Å². The highest BCUT2D eigenvalue weighted by molar-refractivity contribution is 4.79. The summed E-state index contributed by atoms with van der Waals surface area (Å²) in [6.07, 6.45) is 8.11. The summed E-state index contributed by atoms with van der Waals surface area (Å²) in [5, 5.41) is 0. The maximum atomic E-state index is 5.53. The average molecular weight is 184 g/mol. The fourth-order valence-corrected chi connectivity index (χ4v) is 2.59. The third kappa shape index (κ3) is 2.96. The van der Waals surface area contributed by atoms with Crippen molar-refractivity contribution in [1.29, 1.82) is 0 Å². The lowest BCUT2D eigenvalue weighted by molar-refractivity contribution is 0.215. The van der Waals surface area contributed by atoms with E-state index >= 15 is 0 Å². The molecule has 0 radical (unpaired) electrons. The van der Waals surface area contributed by atoms with Crippen LogP contribution >= 0.6 is 0 Å². The van der Waals surface area contributed by atoms with Crippen LogP contribution in [0, 0.1) is 11.8 Å². The normalized spacial score (nSPS) is 31.6. The molecule has 1 atom stereocenters. The lowest BCUT2D eigenvalue weighted by Gasteiger charge is -2.32. The van der Waals surface area contributed by atoms with Crippen LogP contribution in [0.25, 0.3) is 0 Å². The van der Waals surface area contributed by atoms with Crippen molar-refractivity contribution < 1.29 is 0 Å². The van der Waals surface area contributed by atoms with Gasteiger partial charge in [0.25, 0.3) is 0 Å². The zero-order valence-electron chi connectivity index (χ0n) is 9.05. The number of hydrazine groups is 1. The lowest BCUT2D eigenvalue weighted by Crippen LogP contribution is -2.41. The van der Waals surface area contributed by atoms with Crippen molar-refractivity contribution in [3.8, 4) is 0 Å². The zero-order valence-corrected chi connectivity index (χ0v) is 9.05. The molecule has 0 amide bonds. The molecule has 1 saturated carbocycles. The summed E-state index contributed by atoms with van der Waals surface area (Å²) in [4.78, 5) is 0. The van der Waals surface area contributed by atoms with Gasteiger partial charge in [0.15, 0.2) is 0 Å². The van der Waals surface area contributed by atoms with Crippen LogP contribution in [0.3, 0.4) is 0 Å². The fraction of sp³-hybridized carbons (Fsp3) is 1.00. The Kier molecular flexibility index (Phi) is 4.74. The molecule has 0 spiro atoms. The number of nitrogens with one attached hydrogen (secondary N) is 1. The minimum atomic E-state index is 0.554. The van der Waals surface area contributed by atoms with E-state index < -0.39 is 0 Å². The van der Waals surface area contributed by atoms with Gasteiger partial charge in [0.2, 0.25) is 0 Å². The summed E-state index contributed by atoms with van der Waals surface area (Å²) in [5.74, 6) is 7.35. The Hall–Kier alpha value is -0.0800. The molecule has 1 unspecified atom stereocenters. The van der Waals surface area contributed by atoms with Crippen LogP contribution in [0.2, 0.25) is 0 Å². The van der Waals surface area contributed by atoms with Crippen LogP contribution in [0.1, 0.15) is 52.4 Å². The van der Waals surface area contributed by atoms with Gasteiger partial charge in [-0.15, -0.1) is 0 Å². The smallest absolute Gasteiger partial charge is 0.0236 e. The monoisotopic (exact) mass is 184 g/mol. The first kappa shape index (κ1) is 11.0. The summed E-state index contributed by atoms with van der Waals surface area (Å²) in [6.45, 7) is 4.53. The summed E-state index contributed by atoms with van der Waals surface area (Å²) in [7, 11) is 0. The van der Waals surface area contributed by atoms with Crippen LogP contribution in [0.5, 0.6) is 0 Å². The molecule has 3 N–H and O–H groups in total. The summed E-state index contributed by atoms with van der Waals surface area (Å²) in [6, 6.07) is 0.554. The quantitative estimate of drug-likeness (QED) is 0.520. The highest BCUT2D eigenvalue weighted by Gasteiger charge is 2.24. The molecule has 0 aromatic carbocycles. The predicted molar refractivity (Wildman–Crippen MR) is 57.1 cm³/mol. The molecule has 0 aromatic rings. The molecule has 2 nitrogen and oxygen atoms in total. The van der Waals surface area contributed by atoms with Gasteiger partial charge in [-0.3, -0.25) is 11.3 Å². The minimum Gasteiger partial charge on any atom is -0.271 e. The molecule has 1 fully saturated rings. The van der Waals surface area contributed by atoms with Crippen molar-refractivity contribution >= 4 is 0 Å². The molecular weight excluding hydrogens is 160 g/mol. The van der Waals surface area contributed by atoms with E-state index in [0.717, 1.165) is 18.3 Å². The average Bonchev–Trinajstić information content (AvgIpc) is 2.21. The van der Waals surface area contributed by atoms with Crippen molar-refractivity contribution in [2.24, 2.45) is 17.7 Å². The van der Waals surface area contributed by atoms with Gasteiger partial charge in [-0.25, -0.2) is 0 Å². The van der Waals surface area contributed by atoms with Crippen molar-refractivity contribution in [2.45, 2.75) is 58.4 Å². The van der Waals surface area contributed by atoms with Gasteiger partial charge in [0.1, 0.15) is 0 Å². The third-order valence-electron chi connectivity index (χ3n) is 3.69. The molecule has 1 aliphatic carbocycles. The first-order valence-electron chi connectivity index (χ1n) is 5.77. The van der Waals surface area contributed by atoms with Crippen molar-refractivity contribution in [3.63, 3.8) is 0 Å². The van der Waals surface area contributed by atoms with Gasteiger partial charge >= 0.3 is 0 Å². The second kappa shape index (κ2) is 5.61. The van der Waals surface area contributed by atoms with Crippen LogP contribution in [-0.2, 0) is 0 Å². The van der Waals surface area contributed by atoms with E-state index in [1.807, 2.05) is 0 Å². The maximum Gasteiger partial charge on any atom is 0.0236 e. The first-order chi connectivity index (χ1) is 6.31. The Morgan fingerprint density at radius 1 is 1.23 bits per heavy atom. The van der Waals surface area contributed by atoms with Gasteiger partial charge in [0, 0.05) is 6.04 Å². The molecule has 2 heteroatoms. The summed E-state index contributed by atoms with van der Waals surface area (Å²) >= 11 is 0. The second-order valence-electron chi connectivity index (χ2n) is 4.37. The zero-order chi connectivity index (χ0) is 9.68. The highest BCUT2D eigenvalue weighted by Crippen LogP contribution is 2.32. The fourth-order valence-electron chi connectivity index (χ4n) is 2.59. The van der Waals surface area contributed by atoms with Gasteiger partial charge in [-0.1, -0.05) is 33.1 Å². The summed E-state index contributed by atoms with van der Waals surface area (Å²) in [5.41, 5.74) is 2.95. The molecule has 1 aliphatic rings. The minimum absolute atomic E-state index is 0.554. The topological polar surface area (TPSA) is 38.0 Å². The Bertz CT molecular complexity index is 124. The van der Waals surface area contributed by atoms with E-state index in [-0.39, 0.29) is 0 Å². The van der Waals surface area contributed by atoms with E-state index in [1.165, 1.54) is 32.1 Å². The number of rotatable bonds is 4. The summed E-state index contributed by atoms with van der Waals surface area (Å²) < 4.78 is 0. The number of hydrogen-bond acceptors (Lipinski definition) is 2. The van der Waals surface area contributed by atoms with E-state index in [0.29, 0.717) is 6.04 Å². The van der Waals surface area contributed by atoms with E-state index in [9.17, 15) is 0 Å². The van der Waals surface area contributed by atoms with Gasteiger partial charge < -0.3 is 0 Å². The predicted octanol–water partition coefficient (Wildman–Crippen LogP) is 2.44. The van der Waals surface area contributed by atoms with Crippen molar-refractivity contribution in [3.05, 3.63) is 0 Å². The standard InChI is InChI=1S/C11H24N2/c1-3-9-5-7-10(8-6-9)11(4-2)13-12/h9-11,13H,3-8,12H2,1-2H3.